The fraction of sp³-hybridized carbons (Fsp3) is 0.536. The minimum absolute atomic E-state index is 0.138. The lowest BCUT2D eigenvalue weighted by molar-refractivity contribution is 0.0712. The summed E-state index contributed by atoms with van der Waals surface area (Å²) in [5.74, 6) is 0.770. The van der Waals surface area contributed by atoms with Gasteiger partial charge in [0.25, 0.3) is 0 Å². The fourth-order valence-electron chi connectivity index (χ4n) is 5.72. The second-order valence-electron chi connectivity index (χ2n) is 10.4. The zero-order valence-electron chi connectivity index (χ0n) is 23.1. The van der Waals surface area contributed by atoms with Crippen molar-refractivity contribution in [1.29, 1.82) is 5.26 Å². The number of aryl methyl sites for hydroxylation is 1. The molecule has 12 nitrogen and oxygen atoms in total. The maximum Gasteiger partial charge on any atom is 0.328 e. The van der Waals surface area contributed by atoms with Crippen molar-refractivity contribution in [1.82, 2.24) is 14.9 Å². The van der Waals surface area contributed by atoms with Gasteiger partial charge in [-0.15, -0.1) is 0 Å². The molecule has 3 aliphatic heterocycles. The maximum absolute atomic E-state index is 13.4. The number of carbonyl (C=O) groups is 2. The Labute approximate surface area is 233 Å². The molecule has 212 valence electrons. The Bertz CT molecular complexity index is 1300. The van der Waals surface area contributed by atoms with Crippen LogP contribution in [0.15, 0.2) is 18.3 Å². The highest BCUT2D eigenvalue weighted by atomic mass is 16.5. The smallest absolute Gasteiger partial charge is 0.328 e. The molecule has 0 spiro atoms. The average Bonchev–Trinajstić information content (AvgIpc) is 3.57. The molecule has 2 amide bonds. The molecule has 2 aromatic heterocycles. The van der Waals surface area contributed by atoms with E-state index in [1.165, 1.54) is 6.20 Å². The van der Waals surface area contributed by atoms with Crippen LogP contribution in [-0.4, -0.2) is 92.0 Å². The minimum atomic E-state index is -0.406. The second kappa shape index (κ2) is 12.3. The summed E-state index contributed by atoms with van der Waals surface area (Å²) in [6, 6.07) is 5.46. The van der Waals surface area contributed by atoms with E-state index in [0.717, 1.165) is 43.2 Å². The third kappa shape index (κ3) is 5.64. The summed E-state index contributed by atoms with van der Waals surface area (Å²) in [4.78, 5) is 38.2. The van der Waals surface area contributed by atoms with Crippen LogP contribution in [0.5, 0.6) is 0 Å². The van der Waals surface area contributed by atoms with Crippen molar-refractivity contribution in [3.63, 3.8) is 0 Å². The van der Waals surface area contributed by atoms with Crippen molar-refractivity contribution in [2.45, 2.75) is 57.0 Å². The van der Waals surface area contributed by atoms with Crippen LogP contribution < -0.4 is 15.5 Å². The average molecular weight is 550 g/mol. The summed E-state index contributed by atoms with van der Waals surface area (Å²) in [5.41, 5.74) is 2.99. The summed E-state index contributed by atoms with van der Waals surface area (Å²) in [7, 11) is 3.35. The largest absolute Gasteiger partial charge is 0.380 e. The maximum atomic E-state index is 13.4. The number of likely N-dealkylation sites (tertiary alicyclic amines) is 1. The normalized spacial score (nSPS) is 24.4. The van der Waals surface area contributed by atoms with Gasteiger partial charge < -0.3 is 19.5 Å². The van der Waals surface area contributed by atoms with E-state index in [0.29, 0.717) is 49.1 Å². The molecule has 2 fully saturated rings. The monoisotopic (exact) mass is 549 g/mol. The van der Waals surface area contributed by atoms with Crippen molar-refractivity contribution in [2.24, 2.45) is 0 Å². The van der Waals surface area contributed by atoms with Crippen molar-refractivity contribution in [2.75, 3.05) is 56.1 Å². The standard InChI is InChI=1S/C28H35N7O5/c1-17-24(38-2)6-8-34(17)13-19-9-18-5-4-7-35(27(18)32-22(19)14-36)28(37)33-26-10-21(20(11-29)12-30-26)31-23-15-40-16-25(23)39-3/h9-10,12,14,17,23-25H,4-8,13,15-16H2,1-3H3,(H2,30,31,33,37)/t17?,23-,24?,25-/m0/s1. The highest BCUT2D eigenvalue weighted by molar-refractivity contribution is 6.01. The number of fused-ring (bicyclic) bond motifs is 1. The zero-order chi connectivity index (χ0) is 28.2. The van der Waals surface area contributed by atoms with Gasteiger partial charge in [-0.3, -0.25) is 19.9 Å². The lowest BCUT2D eigenvalue weighted by Gasteiger charge is -2.30. The molecule has 5 heterocycles. The van der Waals surface area contributed by atoms with E-state index in [-0.39, 0.29) is 30.1 Å². The number of carbonyl (C=O) groups excluding carboxylic acids is 2. The quantitative estimate of drug-likeness (QED) is 0.472. The number of pyridine rings is 2. The van der Waals surface area contributed by atoms with Crippen molar-refractivity contribution >= 4 is 29.6 Å². The van der Waals surface area contributed by atoms with Crippen LogP contribution in [0.1, 0.15) is 46.9 Å². The van der Waals surface area contributed by atoms with Crippen LogP contribution in [0.3, 0.4) is 0 Å². The summed E-state index contributed by atoms with van der Waals surface area (Å²) < 4.78 is 16.5. The molecule has 2 N–H and O–H groups in total. The Morgan fingerprint density at radius 1 is 1.25 bits per heavy atom. The van der Waals surface area contributed by atoms with Gasteiger partial charge in [-0.2, -0.15) is 5.26 Å². The van der Waals surface area contributed by atoms with Crippen LogP contribution in [0.4, 0.5) is 22.1 Å². The van der Waals surface area contributed by atoms with E-state index in [4.69, 9.17) is 14.2 Å². The van der Waals surface area contributed by atoms with E-state index in [2.05, 4.69) is 38.5 Å². The Morgan fingerprint density at radius 2 is 2.08 bits per heavy atom. The SMILES string of the molecule is COC1CCN(Cc2cc3c(nc2C=O)N(C(=O)Nc2cc(N[C@H]4COC[C@@H]4OC)c(C#N)cn2)CCC3)C1C. The molecule has 40 heavy (non-hydrogen) atoms. The third-order valence-corrected chi connectivity index (χ3v) is 8.05. The molecule has 2 unspecified atom stereocenters. The van der Waals surface area contributed by atoms with Crippen LogP contribution in [0.25, 0.3) is 0 Å². The van der Waals surface area contributed by atoms with Gasteiger partial charge in [-0.05, 0) is 43.4 Å². The minimum Gasteiger partial charge on any atom is -0.380 e. The Balaban J connectivity index is 1.34. The highest BCUT2D eigenvalue weighted by Gasteiger charge is 2.33. The van der Waals surface area contributed by atoms with E-state index >= 15 is 0 Å². The van der Waals surface area contributed by atoms with Gasteiger partial charge >= 0.3 is 6.03 Å². The van der Waals surface area contributed by atoms with E-state index < -0.39 is 6.03 Å². The number of nitrogens with zero attached hydrogens (tertiary/aromatic N) is 5. The first kappa shape index (κ1) is 27.9. The molecule has 2 aromatic rings. The second-order valence-corrected chi connectivity index (χ2v) is 10.4. The molecule has 2 saturated heterocycles. The molecule has 0 aliphatic carbocycles. The third-order valence-electron chi connectivity index (χ3n) is 8.05. The number of anilines is 3. The molecule has 5 rings (SSSR count). The Kier molecular flexibility index (Phi) is 8.56. The Hall–Kier alpha value is -3.63. The first-order chi connectivity index (χ1) is 19.4. The Morgan fingerprint density at radius 3 is 2.80 bits per heavy atom. The van der Waals surface area contributed by atoms with Crippen LogP contribution in [0, 0.1) is 11.3 Å². The van der Waals surface area contributed by atoms with E-state index in [1.54, 1.807) is 25.2 Å². The predicted molar refractivity (Wildman–Crippen MR) is 148 cm³/mol. The van der Waals surface area contributed by atoms with Crippen LogP contribution >= 0.6 is 0 Å². The summed E-state index contributed by atoms with van der Waals surface area (Å²) >= 11 is 0. The van der Waals surface area contributed by atoms with Crippen molar-refractivity contribution < 1.29 is 23.8 Å². The molecule has 0 bridgehead atoms. The van der Waals surface area contributed by atoms with Gasteiger partial charge in [-0.1, -0.05) is 0 Å². The van der Waals surface area contributed by atoms with Gasteiger partial charge in [0.2, 0.25) is 0 Å². The molecular formula is C28H35N7O5. The lowest BCUT2D eigenvalue weighted by Crippen LogP contribution is -2.40. The molecule has 0 aromatic carbocycles. The zero-order valence-corrected chi connectivity index (χ0v) is 23.1. The topological polar surface area (TPSA) is 142 Å². The molecule has 0 radical (unpaired) electrons. The van der Waals surface area contributed by atoms with Crippen molar-refractivity contribution in [3.05, 3.63) is 40.7 Å². The number of ether oxygens (including phenoxy) is 3. The van der Waals surface area contributed by atoms with Crippen LogP contribution in [0.2, 0.25) is 0 Å². The van der Waals surface area contributed by atoms with E-state index in [9.17, 15) is 14.9 Å². The highest BCUT2D eigenvalue weighted by Crippen LogP contribution is 2.30. The number of methoxy groups -OCH3 is 2. The predicted octanol–water partition coefficient (Wildman–Crippen LogP) is 2.58. The fourth-order valence-corrected chi connectivity index (χ4v) is 5.72. The molecule has 0 saturated carbocycles. The number of hydrogen-bond donors (Lipinski definition) is 2. The van der Waals surface area contributed by atoms with Gasteiger partial charge in [0.1, 0.15) is 29.5 Å². The lowest BCUT2D eigenvalue weighted by atomic mass is 10.0. The number of urea groups is 1. The summed E-state index contributed by atoms with van der Waals surface area (Å²) in [5, 5.41) is 15.7. The summed E-state index contributed by atoms with van der Waals surface area (Å²) in [6.45, 7) is 4.98. The summed E-state index contributed by atoms with van der Waals surface area (Å²) in [6.07, 6.45) is 4.67. The van der Waals surface area contributed by atoms with Gasteiger partial charge in [0.05, 0.1) is 36.6 Å². The van der Waals surface area contributed by atoms with Crippen LogP contribution in [-0.2, 0) is 27.2 Å². The number of nitrogens with one attached hydrogen (secondary N) is 2. The number of rotatable bonds is 8. The van der Waals surface area contributed by atoms with Gasteiger partial charge in [0, 0.05) is 52.2 Å². The van der Waals surface area contributed by atoms with Gasteiger partial charge in [-0.25, -0.2) is 14.8 Å². The number of hydrogen-bond acceptors (Lipinski definition) is 10. The molecule has 3 aliphatic rings. The first-order valence-electron chi connectivity index (χ1n) is 13.6. The first-order valence-corrected chi connectivity index (χ1v) is 13.6. The molecule has 4 atom stereocenters. The van der Waals surface area contributed by atoms with E-state index in [1.807, 2.05) is 6.07 Å². The van der Waals surface area contributed by atoms with Gasteiger partial charge in [0.15, 0.2) is 6.29 Å². The molecular weight excluding hydrogens is 514 g/mol. The number of aromatic nitrogens is 2. The van der Waals surface area contributed by atoms with Crippen molar-refractivity contribution in [3.8, 4) is 6.07 Å². The number of aldehydes is 1. The molecule has 12 heteroatoms. The number of amides is 2. The number of nitriles is 1.